The molecule has 0 radical (unpaired) electrons. The number of aromatic hydroxyl groups is 1. The van der Waals surface area contributed by atoms with Crippen LogP contribution in [0.2, 0.25) is 0 Å². The number of nitrogens with zero attached hydrogens (tertiary/aromatic N) is 3. The summed E-state index contributed by atoms with van der Waals surface area (Å²) in [5, 5.41) is 13.0. The van der Waals surface area contributed by atoms with Crippen molar-refractivity contribution in [3.63, 3.8) is 0 Å². The van der Waals surface area contributed by atoms with Crippen LogP contribution in [0.1, 0.15) is 13.8 Å². The van der Waals surface area contributed by atoms with Gasteiger partial charge in [0.25, 0.3) is 0 Å². The van der Waals surface area contributed by atoms with E-state index in [1.54, 1.807) is 12.1 Å². The van der Waals surface area contributed by atoms with E-state index >= 15 is 0 Å². The number of aromatic nitrogens is 3. The average Bonchev–Trinajstić information content (AvgIpc) is 3.06. The highest BCUT2D eigenvalue weighted by atomic mass is 16.3. The predicted molar refractivity (Wildman–Crippen MR) is 101 cm³/mol. The van der Waals surface area contributed by atoms with Gasteiger partial charge in [-0.1, -0.05) is 26.0 Å². The minimum Gasteiger partial charge on any atom is -0.508 e. The number of imidazole rings is 1. The molecule has 0 aliphatic carbocycles. The Morgan fingerprint density at radius 2 is 1.84 bits per heavy atom. The molecule has 0 bridgehead atoms. The number of nitrogens with one attached hydrogen (secondary N) is 1. The zero-order valence-electron chi connectivity index (χ0n) is 14.3. The lowest BCUT2D eigenvalue weighted by atomic mass is 10.1. The maximum atomic E-state index is 9.56. The van der Waals surface area contributed by atoms with Gasteiger partial charge in [-0.25, -0.2) is 9.97 Å². The molecule has 25 heavy (non-hydrogen) atoms. The number of anilines is 1. The van der Waals surface area contributed by atoms with E-state index in [-0.39, 0.29) is 5.75 Å². The summed E-state index contributed by atoms with van der Waals surface area (Å²) in [6.07, 6.45) is 1.86. The van der Waals surface area contributed by atoms with Crippen molar-refractivity contribution < 1.29 is 5.11 Å². The minimum atomic E-state index is 0.253. The fraction of sp³-hybridized carbons (Fsp3) is 0.200. The molecule has 0 fully saturated rings. The van der Waals surface area contributed by atoms with Gasteiger partial charge in [0.05, 0.1) is 22.9 Å². The fourth-order valence-electron chi connectivity index (χ4n) is 2.94. The first-order valence-electron chi connectivity index (χ1n) is 8.43. The van der Waals surface area contributed by atoms with Crippen molar-refractivity contribution in [2.24, 2.45) is 5.92 Å². The van der Waals surface area contributed by atoms with Crippen LogP contribution in [0.4, 0.5) is 5.82 Å². The lowest BCUT2D eigenvalue weighted by Gasteiger charge is -2.12. The van der Waals surface area contributed by atoms with Gasteiger partial charge in [0.15, 0.2) is 11.5 Å². The molecule has 0 unspecified atom stereocenters. The number of hydrogen-bond acceptors (Lipinski definition) is 4. The lowest BCUT2D eigenvalue weighted by Crippen LogP contribution is -2.11. The zero-order valence-corrected chi connectivity index (χ0v) is 14.3. The molecule has 5 nitrogen and oxygen atoms in total. The molecule has 126 valence electrons. The molecule has 0 aliphatic heterocycles. The molecular formula is C20H20N4O. The molecule has 0 spiro atoms. The van der Waals surface area contributed by atoms with E-state index in [0.29, 0.717) is 5.92 Å². The Hall–Kier alpha value is -3.08. The van der Waals surface area contributed by atoms with Crippen molar-refractivity contribution in [2.45, 2.75) is 13.8 Å². The fourth-order valence-corrected chi connectivity index (χ4v) is 2.94. The Morgan fingerprint density at radius 3 is 2.60 bits per heavy atom. The van der Waals surface area contributed by atoms with Gasteiger partial charge in [0.2, 0.25) is 0 Å². The molecule has 0 aliphatic rings. The topological polar surface area (TPSA) is 62.5 Å². The quantitative estimate of drug-likeness (QED) is 0.584. The molecule has 4 aromatic rings. The van der Waals surface area contributed by atoms with Crippen molar-refractivity contribution >= 4 is 22.5 Å². The Bertz CT molecular complexity index is 1030. The molecule has 2 aromatic heterocycles. The minimum absolute atomic E-state index is 0.253. The Labute approximate surface area is 146 Å². The second-order valence-corrected chi connectivity index (χ2v) is 6.57. The van der Waals surface area contributed by atoms with Crippen LogP contribution in [-0.2, 0) is 0 Å². The molecule has 0 saturated carbocycles. The highest BCUT2D eigenvalue weighted by molar-refractivity contribution is 5.86. The number of hydrogen-bond donors (Lipinski definition) is 2. The normalized spacial score (nSPS) is 11.5. The van der Waals surface area contributed by atoms with Crippen LogP contribution >= 0.6 is 0 Å². The number of fused-ring (bicyclic) bond motifs is 3. The monoisotopic (exact) mass is 332 g/mol. The molecule has 4 rings (SSSR count). The third kappa shape index (κ3) is 2.78. The Kier molecular flexibility index (Phi) is 3.76. The number of para-hydroxylation sites is 2. The third-order valence-electron chi connectivity index (χ3n) is 4.17. The van der Waals surface area contributed by atoms with Gasteiger partial charge in [0.1, 0.15) is 5.75 Å². The molecule has 2 heterocycles. The van der Waals surface area contributed by atoms with E-state index in [0.717, 1.165) is 40.3 Å². The summed E-state index contributed by atoms with van der Waals surface area (Å²) in [6, 6.07) is 15.2. The second-order valence-electron chi connectivity index (χ2n) is 6.57. The van der Waals surface area contributed by atoms with Gasteiger partial charge >= 0.3 is 0 Å². The van der Waals surface area contributed by atoms with Crippen LogP contribution in [0.15, 0.2) is 54.7 Å². The van der Waals surface area contributed by atoms with Crippen molar-refractivity contribution in [3.8, 4) is 17.0 Å². The smallest absolute Gasteiger partial charge is 0.181 e. The van der Waals surface area contributed by atoms with E-state index in [4.69, 9.17) is 4.98 Å². The summed E-state index contributed by atoms with van der Waals surface area (Å²) in [5.74, 6) is 1.56. The Morgan fingerprint density at radius 1 is 1.08 bits per heavy atom. The summed E-state index contributed by atoms with van der Waals surface area (Å²) in [6.45, 7) is 5.17. The van der Waals surface area contributed by atoms with Crippen LogP contribution in [0.5, 0.6) is 5.75 Å². The summed E-state index contributed by atoms with van der Waals surface area (Å²) < 4.78 is 2.12. The van der Waals surface area contributed by atoms with Crippen LogP contribution in [0, 0.1) is 5.92 Å². The number of phenols is 1. The molecule has 0 atom stereocenters. The molecule has 0 amide bonds. The molecular weight excluding hydrogens is 312 g/mol. The van der Waals surface area contributed by atoms with Crippen molar-refractivity contribution in [1.82, 2.24) is 14.4 Å². The summed E-state index contributed by atoms with van der Waals surface area (Å²) in [5.41, 5.74) is 4.70. The van der Waals surface area contributed by atoms with Gasteiger partial charge in [-0.3, -0.25) is 4.40 Å². The first-order valence-corrected chi connectivity index (χ1v) is 8.43. The van der Waals surface area contributed by atoms with Crippen molar-refractivity contribution in [3.05, 3.63) is 54.7 Å². The average molecular weight is 332 g/mol. The number of rotatable bonds is 4. The van der Waals surface area contributed by atoms with Crippen LogP contribution in [0.25, 0.3) is 27.9 Å². The first-order chi connectivity index (χ1) is 12.1. The SMILES string of the molecule is CC(C)CNc1nc2ccccc2n2c(-c3ccc(O)cc3)cnc12. The molecule has 0 saturated heterocycles. The van der Waals surface area contributed by atoms with E-state index in [2.05, 4.69) is 28.5 Å². The van der Waals surface area contributed by atoms with Gasteiger partial charge in [-0.2, -0.15) is 0 Å². The van der Waals surface area contributed by atoms with E-state index < -0.39 is 0 Å². The zero-order chi connectivity index (χ0) is 17.4. The third-order valence-corrected chi connectivity index (χ3v) is 4.17. The van der Waals surface area contributed by atoms with Crippen LogP contribution in [0.3, 0.4) is 0 Å². The van der Waals surface area contributed by atoms with Crippen LogP contribution < -0.4 is 5.32 Å². The van der Waals surface area contributed by atoms with E-state index in [1.807, 2.05) is 42.6 Å². The number of phenolic OH excluding ortho intramolecular Hbond substituents is 1. The lowest BCUT2D eigenvalue weighted by molar-refractivity contribution is 0.475. The summed E-state index contributed by atoms with van der Waals surface area (Å²) in [7, 11) is 0. The standard InChI is InChI=1S/C20H20N4O/c1-13(2)11-21-19-20-22-12-18(14-7-9-15(25)10-8-14)24(20)17-6-4-3-5-16(17)23-19/h3-10,12-13,25H,11H2,1-2H3,(H,21,23). The first kappa shape index (κ1) is 15.4. The van der Waals surface area contributed by atoms with Crippen LogP contribution in [-0.4, -0.2) is 26.0 Å². The van der Waals surface area contributed by atoms with E-state index in [1.165, 1.54) is 0 Å². The molecule has 2 N–H and O–H groups in total. The van der Waals surface area contributed by atoms with Gasteiger partial charge in [0, 0.05) is 12.1 Å². The highest BCUT2D eigenvalue weighted by Gasteiger charge is 2.14. The molecule has 5 heteroatoms. The van der Waals surface area contributed by atoms with Gasteiger partial charge in [-0.15, -0.1) is 0 Å². The predicted octanol–water partition coefficient (Wildman–Crippen LogP) is 4.32. The van der Waals surface area contributed by atoms with Crippen molar-refractivity contribution in [2.75, 3.05) is 11.9 Å². The molecule has 2 aromatic carbocycles. The Balaban J connectivity index is 1.98. The van der Waals surface area contributed by atoms with Gasteiger partial charge in [-0.05, 0) is 42.3 Å². The summed E-state index contributed by atoms with van der Waals surface area (Å²) in [4.78, 5) is 9.38. The maximum Gasteiger partial charge on any atom is 0.181 e. The maximum absolute atomic E-state index is 9.56. The second kappa shape index (κ2) is 6.09. The van der Waals surface area contributed by atoms with Gasteiger partial charge < -0.3 is 10.4 Å². The summed E-state index contributed by atoms with van der Waals surface area (Å²) >= 11 is 0. The van der Waals surface area contributed by atoms with Crippen molar-refractivity contribution in [1.29, 1.82) is 0 Å². The van der Waals surface area contributed by atoms with E-state index in [9.17, 15) is 5.11 Å². The highest BCUT2D eigenvalue weighted by Crippen LogP contribution is 2.29. The largest absolute Gasteiger partial charge is 0.508 e. The number of benzene rings is 2.